The van der Waals surface area contributed by atoms with Crippen molar-refractivity contribution < 1.29 is 14.7 Å². The van der Waals surface area contributed by atoms with Gasteiger partial charge < -0.3 is 10.0 Å². The molecule has 1 aromatic rings. The summed E-state index contributed by atoms with van der Waals surface area (Å²) >= 11 is 0. The average Bonchev–Trinajstić information content (AvgIpc) is 2.52. The minimum Gasteiger partial charge on any atom is -0.478 e. The van der Waals surface area contributed by atoms with Crippen LogP contribution in [0.3, 0.4) is 0 Å². The average molecular weight is 287 g/mol. The number of aliphatic carboxylic acids is 1. The van der Waals surface area contributed by atoms with E-state index in [0.717, 1.165) is 37.4 Å². The monoisotopic (exact) mass is 287 g/mol. The van der Waals surface area contributed by atoms with E-state index >= 15 is 0 Å². The van der Waals surface area contributed by atoms with E-state index in [1.54, 1.807) is 24.3 Å². The second-order valence-corrected chi connectivity index (χ2v) is 5.35. The maximum atomic E-state index is 12.6. The van der Waals surface area contributed by atoms with Crippen LogP contribution in [0.4, 0.5) is 0 Å². The Labute approximate surface area is 125 Å². The summed E-state index contributed by atoms with van der Waals surface area (Å²) in [5.74, 6) is -0.944. The molecule has 1 unspecified atom stereocenters. The van der Waals surface area contributed by atoms with E-state index in [1.807, 2.05) is 4.90 Å². The zero-order valence-corrected chi connectivity index (χ0v) is 12.3. The first-order chi connectivity index (χ1) is 10.1. The molecule has 0 spiro atoms. The van der Waals surface area contributed by atoms with E-state index in [4.69, 9.17) is 5.11 Å². The molecule has 0 saturated carbocycles. The molecule has 0 radical (unpaired) electrons. The fraction of sp³-hybridized carbons (Fsp3) is 0.412. The number of rotatable bonds is 4. The van der Waals surface area contributed by atoms with Gasteiger partial charge in [0.2, 0.25) is 0 Å². The van der Waals surface area contributed by atoms with Crippen LogP contribution in [-0.2, 0) is 4.79 Å². The number of piperidine rings is 1. The van der Waals surface area contributed by atoms with Gasteiger partial charge in [0.15, 0.2) is 0 Å². The first-order valence-electron chi connectivity index (χ1n) is 7.44. The highest BCUT2D eigenvalue weighted by Crippen LogP contribution is 2.22. The molecule has 1 aromatic carbocycles. The summed E-state index contributed by atoms with van der Waals surface area (Å²) < 4.78 is 0. The van der Waals surface area contributed by atoms with Crippen molar-refractivity contribution in [1.82, 2.24) is 4.90 Å². The molecule has 1 amide bonds. The van der Waals surface area contributed by atoms with Gasteiger partial charge >= 0.3 is 5.97 Å². The van der Waals surface area contributed by atoms with Crippen molar-refractivity contribution >= 4 is 18.0 Å². The fourth-order valence-electron chi connectivity index (χ4n) is 2.80. The van der Waals surface area contributed by atoms with Gasteiger partial charge in [0.1, 0.15) is 0 Å². The molecule has 1 fully saturated rings. The molecule has 1 heterocycles. The number of hydrogen-bond acceptors (Lipinski definition) is 2. The number of carbonyl (C=O) groups is 2. The number of benzene rings is 1. The topological polar surface area (TPSA) is 57.6 Å². The Bertz CT molecular complexity index is 551. The Balaban J connectivity index is 2.18. The van der Waals surface area contributed by atoms with Crippen molar-refractivity contribution in [2.75, 3.05) is 6.54 Å². The van der Waals surface area contributed by atoms with Crippen molar-refractivity contribution in [3.63, 3.8) is 0 Å². The molecule has 4 nitrogen and oxygen atoms in total. The maximum absolute atomic E-state index is 12.6. The van der Waals surface area contributed by atoms with Gasteiger partial charge in [-0.1, -0.05) is 19.1 Å². The smallest absolute Gasteiger partial charge is 0.328 e. The van der Waals surface area contributed by atoms with E-state index in [-0.39, 0.29) is 5.91 Å². The van der Waals surface area contributed by atoms with Crippen LogP contribution in [0.5, 0.6) is 0 Å². The zero-order valence-electron chi connectivity index (χ0n) is 12.3. The lowest BCUT2D eigenvalue weighted by Gasteiger charge is -2.35. The molecular formula is C17H21NO3. The van der Waals surface area contributed by atoms with Crippen LogP contribution in [0.1, 0.15) is 48.5 Å². The van der Waals surface area contributed by atoms with Crippen LogP contribution >= 0.6 is 0 Å². The van der Waals surface area contributed by atoms with Crippen LogP contribution in [0.25, 0.3) is 6.08 Å². The van der Waals surface area contributed by atoms with E-state index < -0.39 is 5.97 Å². The molecule has 4 heteroatoms. The second kappa shape index (κ2) is 7.07. The molecule has 21 heavy (non-hydrogen) atoms. The molecular weight excluding hydrogens is 266 g/mol. The van der Waals surface area contributed by atoms with Crippen LogP contribution < -0.4 is 0 Å². The predicted molar refractivity (Wildman–Crippen MR) is 82.1 cm³/mol. The largest absolute Gasteiger partial charge is 0.478 e. The quantitative estimate of drug-likeness (QED) is 0.865. The summed E-state index contributed by atoms with van der Waals surface area (Å²) in [5.41, 5.74) is 1.36. The Morgan fingerprint density at radius 3 is 2.90 bits per heavy atom. The van der Waals surface area contributed by atoms with Crippen molar-refractivity contribution in [2.24, 2.45) is 0 Å². The summed E-state index contributed by atoms with van der Waals surface area (Å²) in [4.78, 5) is 25.2. The molecule has 1 saturated heterocycles. The third-order valence-electron chi connectivity index (χ3n) is 3.91. The molecule has 0 aromatic heterocycles. The zero-order chi connectivity index (χ0) is 15.2. The van der Waals surface area contributed by atoms with Gasteiger partial charge in [-0.3, -0.25) is 4.79 Å². The highest BCUT2D eigenvalue weighted by molar-refractivity contribution is 5.95. The lowest BCUT2D eigenvalue weighted by molar-refractivity contribution is -0.131. The van der Waals surface area contributed by atoms with Gasteiger partial charge in [-0.05, 0) is 49.5 Å². The lowest BCUT2D eigenvalue weighted by Crippen LogP contribution is -2.43. The molecule has 112 valence electrons. The van der Waals surface area contributed by atoms with Gasteiger partial charge in [-0.25, -0.2) is 4.79 Å². The Kier molecular flexibility index (Phi) is 5.14. The highest BCUT2D eigenvalue weighted by Gasteiger charge is 2.25. The Morgan fingerprint density at radius 1 is 1.38 bits per heavy atom. The van der Waals surface area contributed by atoms with E-state index in [9.17, 15) is 9.59 Å². The van der Waals surface area contributed by atoms with Gasteiger partial charge in [0.25, 0.3) is 5.91 Å². The first kappa shape index (κ1) is 15.3. The lowest BCUT2D eigenvalue weighted by atomic mass is 9.98. The van der Waals surface area contributed by atoms with Gasteiger partial charge in [0.05, 0.1) is 0 Å². The number of hydrogen-bond donors (Lipinski definition) is 1. The third kappa shape index (κ3) is 3.94. The molecule has 0 aliphatic carbocycles. The number of carbonyl (C=O) groups excluding carboxylic acids is 1. The van der Waals surface area contributed by atoms with Crippen molar-refractivity contribution in [1.29, 1.82) is 0 Å². The van der Waals surface area contributed by atoms with Crippen molar-refractivity contribution in [3.8, 4) is 0 Å². The number of carboxylic acids is 1. The van der Waals surface area contributed by atoms with Gasteiger partial charge in [-0.2, -0.15) is 0 Å². The SMILES string of the molecule is CCC1CCCCN1C(=O)c1cccc(C=CC(=O)O)c1. The van der Waals surface area contributed by atoms with Crippen LogP contribution in [0, 0.1) is 0 Å². The summed E-state index contributed by atoms with van der Waals surface area (Å²) in [6, 6.07) is 7.46. The van der Waals surface area contributed by atoms with E-state index in [0.29, 0.717) is 11.6 Å². The number of amides is 1. The Hall–Kier alpha value is -2.10. The molecule has 1 aliphatic rings. The van der Waals surface area contributed by atoms with E-state index in [2.05, 4.69) is 6.92 Å². The van der Waals surface area contributed by atoms with Crippen LogP contribution in [0.15, 0.2) is 30.3 Å². The standard InChI is InChI=1S/C17H21NO3/c1-2-15-8-3-4-11-18(15)17(21)14-7-5-6-13(12-14)9-10-16(19)20/h5-7,9-10,12,15H,2-4,8,11H2,1H3,(H,19,20). The molecule has 0 bridgehead atoms. The normalized spacial score (nSPS) is 18.9. The highest BCUT2D eigenvalue weighted by atomic mass is 16.4. The second-order valence-electron chi connectivity index (χ2n) is 5.35. The predicted octanol–water partition coefficient (Wildman–Crippen LogP) is 3.19. The summed E-state index contributed by atoms with van der Waals surface area (Å²) in [7, 11) is 0. The number of carboxylic acid groups (broad SMARTS) is 1. The Morgan fingerprint density at radius 2 is 2.19 bits per heavy atom. The fourth-order valence-corrected chi connectivity index (χ4v) is 2.80. The third-order valence-corrected chi connectivity index (χ3v) is 3.91. The van der Waals surface area contributed by atoms with Gasteiger partial charge in [0, 0.05) is 24.2 Å². The summed E-state index contributed by atoms with van der Waals surface area (Å²) in [6.45, 7) is 2.93. The molecule has 1 N–H and O–H groups in total. The van der Waals surface area contributed by atoms with Gasteiger partial charge in [-0.15, -0.1) is 0 Å². The van der Waals surface area contributed by atoms with Crippen molar-refractivity contribution in [2.45, 2.75) is 38.6 Å². The molecule has 1 aliphatic heterocycles. The van der Waals surface area contributed by atoms with Crippen molar-refractivity contribution in [3.05, 3.63) is 41.5 Å². The summed E-state index contributed by atoms with van der Waals surface area (Å²) in [6.07, 6.45) is 6.88. The molecule has 1 atom stereocenters. The van der Waals surface area contributed by atoms with E-state index in [1.165, 1.54) is 12.5 Å². The maximum Gasteiger partial charge on any atom is 0.328 e. The number of likely N-dealkylation sites (tertiary alicyclic amines) is 1. The summed E-state index contributed by atoms with van der Waals surface area (Å²) in [5, 5.41) is 8.66. The van der Waals surface area contributed by atoms with Crippen LogP contribution in [-0.4, -0.2) is 34.5 Å². The van der Waals surface area contributed by atoms with Crippen LogP contribution in [0.2, 0.25) is 0 Å². The molecule has 2 rings (SSSR count). The first-order valence-corrected chi connectivity index (χ1v) is 7.44. The number of nitrogens with zero attached hydrogens (tertiary/aromatic N) is 1. The minimum absolute atomic E-state index is 0.0483. The minimum atomic E-state index is -0.992.